The van der Waals surface area contributed by atoms with E-state index in [1.165, 1.54) is 16.9 Å². The molecule has 2 heterocycles. The van der Waals surface area contributed by atoms with Crippen LogP contribution in [0.1, 0.15) is 22.3 Å². The molecule has 0 unspecified atom stereocenters. The second-order valence-electron chi connectivity index (χ2n) is 5.68. The number of likely N-dealkylation sites (tertiary alicyclic amines) is 1. The fraction of sp³-hybridized carbons (Fsp3) is 0.353. The number of nitrogens with one attached hydrogen (secondary N) is 1. The summed E-state index contributed by atoms with van der Waals surface area (Å²) in [4.78, 5) is 14.3. The van der Waals surface area contributed by atoms with Gasteiger partial charge in [-0.05, 0) is 23.4 Å². The van der Waals surface area contributed by atoms with Crippen molar-refractivity contribution >= 4 is 17.2 Å². The highest BCUT2D eigenvalue weighted by Gasteiger charge is 2.30. The van der Waals surface area contributed by atoms with Gasteiger partial charge in [0.1, 0.15) is 0 Å². The zero-order valence-electron chi connectivity index (χ0n) is 12.3. The highest BCUT2D eigenvalue weighted by atomic mass is 32.1. The topological polar surface area (TPSA) is 52.6 Å². The minimum absolute atomic E-state index is 0.0395. The molecular formula is C17H20N2O2S. The van der Waals surface area contributed by atoms with Crippen molar-refractivity contribution in [2.45, 2.75) is 25.1 Å². The van der Waals surface area contributed by atoms with Gasteiger partial charge < -0.3 is 10.4 Å². The number of aliphatic hydroxyl groups excluding tert-OH is 1. The van der Waals surface area contributed by atoms with Gasteiger partial charge in [0.15, 0.2) is 0 Å². The van der Waals surface area contributed by atoms with Crippen LogP contribution in [-0.2, 0) is 6.54 Å². The number of benzene rings is 1. The number of rotatable bonds is 5. The van der Waals surface area contributed by atoms with Crippen molar-refractivity contribution < 1.29 is 9.90 Å². The Hall–Kier alpha value is -1.69. The molecule has 1 amide bonds. The van der Waals surface area contributed by atoms with Gasteiger partial charge in [0.25, 0.3) is 5.91 Å². The SMILES string of the molecule is O=C(NC[C@@H]1C[C@H](O)CN1Cc1ccccc1)c1ccsc1. The fourth-order valence-corrected chi connectivity index (χ4v) is 3.52. The largest absolute Gasteiger partial charge is 0.392 e. The molecule has 22 heavy (non-hydrogen) atoms. The van der Waals surface area contributed by atoms with Crippen LogP contribution in [0.2, 0.25) is 0 Å². The van der Waals surface area contributed by atoms with E-state index in [0.29, 0.717) is 25.1 Å². The van der Waals surface area contributed by atoms with E-state index in [1.807, 2.05) is 35.0 Å². The fourth-order valence-electron chi connectivity index (χ4n) is 2.89. The molecule has 1 aliphatic heterocycles. The average molecular weight is 316 g/mol. The van der Waals surface area contributed by atoms with Gasteiger partial charge in [-0.25, -0.2) is 0 Å². The zero-order chi connectivity index (χ0) is 15.4. The molecule has 2 aromatic rings. The second-order valence-corrected chi connectivity index (χ2v) is 6.46. The molecular weight excluding hydrogens is 296 g/mol. The first kappa shape index (κ1) is 15.2. The maximum absolute atomic E-state index is 12.0. The van der Waals surface area contributed by atoms with E-state index in [1.54, 1.807) is 0 Å². The van der Waals surface area contributed by atoms with E-state index >= 15 is 0 Å². The number of nitrogens with zero attached hydrogens (tertiary/aromatic N) is 1. The Kier molecular flexibility index (Phi) is 4.87. The predicted molar refractivity (Wildman–Crippen MR) is 87.9 cm³/mol. The first-order valence-electron chi connectivity index (χ1n) is 7.49. The molecule has 3 rings (SSSR count). The maximum atomic E-state index is 12.0. The monoisotopic (exact) mass is 316 g/mol. The Morgan fingerprint density at radius 3 is 2.86 bits per heavy atom. The Morgan fingerprint density at radius 1 is 1.32 bits per heavy atom. The smallest absolute Gasteiger partial charge is 0.252 e. The van der Waals surface area contributed by atoms with Crippen molar-refractivity contribution in [2.75, 3.05) is 13.1 Å². The first-order valence-corrected chi connectivity index (χ1v) is 8.43. The van der Waals surface area contributed by atoms with Crippen LogP contribution in [-0.4, -0.2) is 41.1 Å². The van der Waals surface area contributed by atoms with Crippen LogP contribution in [0.15, 0.2) is 47.2 Å². The maximum Gasteiger partial charge on any atom is 0.252 e. The zero-order valence-corrected chi connectivity index (χ0v) is 13.1. The molecule has 2 N–H and O–H groups in total. The van der Waals surface area contributed by atoms with E-state index in [2.05, 4.69) is 22.3 Å². The van der Waals surface area contributed by atoms with Crippen molar-refractivity contribution in [3.05, 3.63) is 58.3 Å². The number of thiophene rings is 1. The highest BCUT2D eigenvalue weighted by Crippen LogP contribution is 2.20. The molecule has 1 saturated heterocycles. The van der Waals surface area contributed by atoms with Gasteiger partial charge in [0.05, 0.1) is 6.10 Å². The van der Waals surface area contributed by atoms with Crippen molar-refractivity contribution in [3.8, 4) is 0 Å². The third-order valence-corrected chi connectivity index (χ3v) is 4.70. The number of carbonyl (C=O) groups is 1. The first-order chi connectivity index (χ1) is 10.7. The Balaban J connectivity index is 1.58. The summed E-state index contributed by atoms with van der Waals surface area (Å²) in [6.07, 6.45) is 0.392. The molecule has 1 fully saturated rings. The third kappa shape index (κ3) is 3.74. The lowest BCUT2D eigenvalue weighted by Gasteiger charge is -2.24. The van der Waals surface area contributed by atoms with E-state index in [-0.39, 0.29) is 18.1 Å². The molecule has 4 nitrogen and oxygen atoms in total. The van der Waals surface area contributed by atoms with Crippen LogP contribution in [0.4, 0.5) is 0 Å². The van der Waals surface area contributed by atoms with Gasteiger partial charge in [-0.1, -0.05) is 30.3 Å². The van der Waals surface area contributed by atoms with Crippen LogP contribution in [0.5, 0.6) is 0 Å². The van der Waals surface area contributed by atoms with Crippen molar-refractivity contribution in [3.63, 3.8) is 0 Å². The van der Waals surface area contributed by atoms with Gasteiger partial charge in [0, 0.05) is 36.6 Å². The van der Waals surface area contributed by atoms with Gasteiger partial charge in [0.2, 0.25) is 0 Å². The number of hydrogen-bond donors (Lipinski definition) is 2. The molecule has 1 aromatic carbocycles. The summed E-state index contributed by atoms with van der Waals surface area (Å²) >= 11 is 1.52. The summed E-state index contributed by atoms with van der Waals surface area (Å²) in [6.45, 7) is 2.03. The van der Waals surface area contributed by atoms with Crippen LogP contribution in [0, 0.1) is 0 Å². The van der Waals surface area contributed by atoms with Crippen LogP contribution < -0.4 is 5.32 Å². The van der Waals surface area contributed by atoms with Crippen LogP contribution in [0.25, 0.3) is 0 Å². The second kappa shape index (κ2) is 7.05. The van der Waals surface area contributed by atoms with Gasteiger partial charge in [-0.15, -0.1) is 0 Å². The Morgan fingerprint density at radius 2 is 2.14 bits per heavy atom. The normalized spacial score (nSPS) is 21.9. The summed E-state index contributed by atoms with van der Waals surface area (Å²) in [6, 6.07) is 12.2. The Bertz CT molecular complexity index is 600. The van der Waals surface area contributed by atoms with E-state index in [4.69, 9.17) is 0 Å². The predicted octanol–water partition coefficient (Wildman–Crippen LogP) is 2.11. The molecule has 116 valence electrons. The minimum Gasteiger partial charge on any atom is -0.392 e. The van der Waals surface area contributed by atoms with Crippen molar-refractivity contribution in [1.29, 1.82) is 0 Å². The van der Waals surface area contributed by atoms with E-state index in [0.717, 1.165) is 6.54 Å². The molecule has 1 aromatic heterocycles. The number of amides is 1. The average Bonchev–Trinajstić information content (AvgIpc) is 3.16. The number of carbonyl (C=O) groups excluding carboxylic acids is 1. The molecule has 0 bridgehead atoms. The number of aliphatic hydroxyl groups is 1. The lowest BCUT2D eigenvalue weighted by molar-refractivity contribution is 0.0940. The number of hydrogen-bond acceptors (Lipinski definition) is 4. The van der Waals surface area contributed by atoms with Crippen LogP contribution in [0.3, 0.4) is 0 Å². The summed E-state index contributed by atoms with van der Waals surface area (Å²) < 4.78 is 0. The molecule has 2 atom stereocenters. The number of β-amino-alcohol motifs (C(OH)–C–C–N with tert-alkyl or cyclic N) is 1. The molecule has 0 spiro atoms. The lowest BCUT2D eigenvalue weighted by Crippen LogP contribution is -2.39. The standard InChI is InChI=1S/C17H20N2O2S/c20-16-8-15(9-18-17(21)14-6-7-22-12-14)19(11-16)10-13-4-2-1-3-5-13/h1-7,12,15-16,20H,8-11H2,(H,18,21)/t15-,16-/m0/s1. The van der Waals surface area contributed by atoms with Gasteiger partial charge in [-0.3, -0.25) is 9.69 Å². The highest BCUT2D eigenvalue weighted by molar-refractivity contribution is 7.08. The molecule has 0 aliphatic carbocycles. The van der Waals surface area contributed by atoms with Crippen molar-refractivity contribution in [1.82, 2.24) is 10.2 Å². The van der Waals surface area contributed by atoms with Gasteiger partial charge in [-0.2, -0.15) is 11.3 Å². The minimum atomic E-state index is -0.313. The van der Waals surface area contributed by atoms with Crippen LogP contribution >= 0.6 is 11.3 Å². The summed E-state index contributed by atoms with van der Waals surface area (Å²) in [5.74, 6) is -0.0395. The summed E-state index contributed by atoms with van der Waals surface area (Å²) in [5.41, 5.74) is 1.93. The summed E-state index contributed by atoms with van der Waals surface area (Å²) in [5, 5.41) is 16.7. The lowest BCUT2D eigenvalue weighted by atomic mass is 10.1. The van der Waals surface area contributed by atoms with E-state index in [9.17, 15) is 9.90 Å². The third-order valence-electron chi connectivity index (χ3n) is 4.02. The molecule has 5 heteroatoms. The molecule has 0 radical (unpaired) electrons. The molecule has 0 saturated carbocycles. The quantitative estimate of drug-likeness (QED) is 0.888. The Labute approximate surface area is 134 Å². The van der Waals surface area contributed by atoms with Gasteiger partial charge >= 0.3 is 0 Å². The molecule has 1 aliphatic rings. The summed E-state index contributed by atoms with van der Waals surface area (Å²) in [7, 11) is 0. The van der Waals surface area contributed by atoms with E-state index < -0.39 is 0 Å². The van der Waals surface area contributed by atoms with Crippen molar-refractivity contribution in [2.24, 2.45) is 0 Å².